The Balaban J connectivity index is 1.98. The summed E-state index contributed by atoms with van der Waals surface area (Å²) in [5, 5.41) is 15.0. The molecular weight excluding hydrogens is 288 g/mol. The van der Waals surface area contributed by atoms with E-state index < -0.39 is 17.9 Å². The standard InChI is InChI=1S/C15H16N2O3S/c1-16-14(19)15(20)17-9-11-7-8-12(21-11)13(18)10-5-3-2-4-6-10/h2-8,13,18H,9H2,1H3,(H,16,19)(H,17,20). The highest BCUT2D eigenvalue weighted by Gasteiger charge is 2.14. The van der Waals surface area contributed by atoms with E-state index >= 15 is 0 Å². The van der Waals surface area contributed by atoms with E-state index in [1.54, 1.807) is 0 Å². The molecule has 5 nitrogen and oxygen atoms in total. The van der Waals surface area contributed by atoms with Gasteiger partial charge in [-0.2, -0.15) is 0 Å². The normalized spacial score (nSPS) is 11.7. The Hall–Kier alpha value is -2.18. The molecule has 0 saturated heterocycles. The third-order valence-corrected chi connectivity index (χ3v) is 4.06. The molecule has 1 aromatic carbocycles. The number of carbonyl (C=O) groups excluding carboxylic acids is 2. The van der Waals surface area contributed by atoms with Gasteiger partial charge in [0.1, 0.15) is 6.10 Å². The molecule has 3 N–H and O–H groups in total. The minimum atomic E-state index is -0.681. The largest absolute Gasteiger partial charge is 0.383 e. The SMILES string of the molecule is CNC(=O)C(=O)NCc1ccc(C(O)c2ccccc2)s1. The Bertz CT molecular complexity index is 625. The third-order valence-electron chi connectivity index (χ3n) is 2.92. The Kier molecular flexibility index (Phi) is 5.08. The van der Waals surface area contributed by atoms with E-state index in [0.717, 1.165) is 15.3 Å². The van der Waals surface area contributed by atoms with Gasteiger partial charge in [-0.05, 0) is 17.7 Å². The Labute approximate surface area is 126 Å². The zero-order chi connectivity index (χ0) is 15.2. The van der Waals surface area contributed by atoms with E-state index in [-0.39, 0.29) is 6.54 Å². The summed E-state index contributed by atoms with van der Waals surface area (Å²) < 4.78 is 0. The summed E-state index contributed by atoms with van der Waals surface area (Å²) in [6, 6.07) is 13.0. The molecule has 21 heavy (non-hydrogen) atoms. The van der Waals surface area contributed by atoms with Crippen LogP contribution in [0.5, 0.6) is 0 Å². The molecule has 0 spiro atoms. The summed E-state index contributed by atoms with van der Waals surface area (Å²) in [5.41, 5.74) is 0.820. The van der Waals surface area contributed by atoms with Crippen molar-refractivity contribution in [2.75, 3.05) is 7.05 Å². The zero-order valence-corrected chi connectivity index (χ0v) is 12.3. The van der Waals surface area contributed by atoms with Crippen LogP contribution in [0, 0.1) is 0 Å². The van der Waals surface area contributed by atoms with Crippen molar-refractivity contribution in [1.29, 1.82) is 0 Å². The fourth-order valence-corrected chi connectivity index (χ4v) is 2.76. The summed E-state index contributed by atoms with van der Waals surface area (Å²) >= 11 is 1.40. The average molecular weight is 304 g/mol. The number of benzene rings is 1. The van der Waals surface area contributed by atoms with Gasteiger partial charge in [0.15, 0.2) is 0 Å². The average Bonchev–Trinajstić information content (AvgIpc) is 3.00. The quantitative estimate of drug-likeness (QED) is 0.743. The van der Waals surface area contributed by atoms with Gasteiger partial charge in [0.05, 0.1) is 6.54 Å². The number of aliphatic hydroxyl groups is 1. The Morgan fingerprint density at radius 2 is 1.86 bits per heavy atom. The summed E-state index contributed by atoms with van der Waals surface area (Å²) in [6.45, 7) is 0.262. The van der Waals surface area contributed by atoms with Crippen LogP contribution in [0.15, 0.2) is 42.5 Å². The predicted octanol–water partition coefficient (Wildman–Crippen LogP) is 1.19. The van der Waals surface area contributed by atoms with Gasteiger partial charge in [-0.1, -0.05) is 30.3 Å². The molecule has 1 atom stereocenters. The summed E-state index contributed by atoms with van der Waals surface area (Å²) in [7, 11) is 1.40. The van der Waals surface area contributed by atoms with Crippen LogP contribution in [0.2, 0.25) is 0 Å². The maximum atomic E-state index is 11.3. The van der Waals surface area contributed by atoms with Crippen molar-refractivity contribution < 1.29 is 14.7 Å². The van der Waals surface area contributed by atoms with Crippen LogP contribution in [0.4, 0.5) is 0 Å². The molecule has 2 aromatic rings. The van der Waals surface area contributed by atoms with Crippen LogP contribution in [-0.2, 0) is 16.1 Å². The van der Waals surface area contributed by atoms with Gasteiger partial charge in [-0.15, -0.1) is 11.3 Å². The van der Waals surface area contributed by atoms with Crippen LogP contribution in [0.3, 0.4) is 0 Å². The lowest BCUT2D eigenvalue weighted by molar-refractivity contribution is -0.138. The van der Waals surface area contributed by atoms with Crippen molar-refractivity contribution in [3.63, 3.8) is 0 Å². The number of likely N-dealkylation sites (N-methyl/N-ethyl adjacent to an activating group) is 1. The van der Waals surface area contributed by atoms with Crippen LogP contribution >= 0.6 is 11.3 Å². The highest BCUT2D eigenvalue weighted by Crippen LogP contribution is 2.28. The first kappa shape index (κ1) is 15.2. The number of aliphatic hydroxyl groups excluding tert-OH is 1. The molecule has 2 amide bonds. The molecule has 0 bridgehead atoms. The highest BCUT2D eigenvalue weighted by atomic mass is 32.1. The highest BCUT2D eigenvalue weighted by molar-refractivity contribution is 7.12. The van der Waals surface area contributed by atoms with E-state index in [4.69, 9.17) is 0 Å². The van der Waals surface area contributed by atoms with Crippen LogP contribution < -0.4 is 10.6 Å². The van der Waals surface area contributed by atoms with Gasteiger partial charge >= 0.3 is 11.8 Å². The maximum Gasteiger partial charge on any atom is 0.309 e. The first-order valence-electron chi connectivity index (χ1n) is 6.43. The summed E-state index contributed by atoms with van der Waals surface area (Å²) in [4.78, 5) is 24.1. The van der Waals surface area contributed by atoms with Gasteiger partial charge in [0.25, 0.3) is 0 Å². The van der Waals surface area contributed by atoms with E-state index in [1.165, 1.54) is 18.4 Å². The second-order valence-corrected chi connectivity index (χ2v) is 5.58. The number of carbonyl (C=O) groups is 2. The molecule has 0 fully saturated rings. The van der Waals surface area contributed by atoms with Crippen molar-refractivity contribution in [2.24, 2.45) is 0 Å². The number of amides is 2. The smallest absolute Gasteiger partial charge is 0.309 e. The topological polar surface area (TPSA) is 78.4 Å². The van der Waals surface area contributed by atoms with Crippen molar-refractivity contribution in [3.8, 4) is 0 Å². The molecule has 2 rings (SSSR count). The van der Waals surface area contributed by atoms with Crippen LogP contribution in [0.1, 0.15) is 21.4 Å². The molecule has 0 saturated carbocycles. The number of thiophene rings is 1. The molecule has 1 unspecified atom stereocenters. The summed E-state index contributed by atoms with van der Waals surface area (Å²) in [5.74, 6) is -1.34. The Morgan fingerprint density at radius 1 is 1.14 bits per heavy atom. The van der Waals surface area contributed by atoms with Gasteiger partial charge in [0.2, 0.25) is 0 Å². The monoisotopic (exact) mass is 304 g/mol. The minimum Gasteiger partial charge on any atom is -0.383 e. The first-order chi connectivity index (χ1) is 10.1. The Morgan fingerprint density at radius 3 is 2.52 bits per heavy atom. The summed E-state index contributed by atoms with van der Waals surface area (Å²) in [6.07, 6.45) is -0.681. The van der Waals surface area contributed by atoms with Crippen molar-refractivity contribution >= 4 is 23.2 Å². The third kappa shape index (κ3) is 3.90. The van der Waals surface area contributed by atoms with E-state index in [9.17, 15) is 14.7 Å². The molecule has 0 aliphatic rings. The van der Waals surface area contributed by atoms with Gasteiger partial charge in [-0.25, -0.2) is 0 Å². The van der Waals surface area contributed by atoms with Crippen molar-refractivity contribution in [2.45, 2.75) is 12.6 Å². The molecule has 110 valence electrons. The molecule has 1 aromatic heterocycles. The predicted molar refractivity (Wildman–Crippen MR) is 80.7 cm³/mol. The van der Waals surface area contributed by atoms with Gasteiger partial charge in [-0.3, -0.25) is 9.59 Å². The first-order valence-corrected chi connectivity index (χ1v) is 7.25. The lowest BCUT2D eigenvalue weighted by Crippen LogP contribution is -2.37. The molecule has 0 aliphatic carbocycles. The maximum absolute atomic E-state index is 11.3. The molecule has 6 heteroatoms. The van der Waals surface area contributed by atoms with E-state index in [2.05, 4.69) is 10.6 Å². The molecule has 1 heterocycles. The van der Waals surface area contributed by atoms with E-state index in [1.807, 2.05) is 42.5 Å². The number of rotatable bonds is 4. The van der Waals surface area contributed by atoms with Crippen LogP contribution in [0.25, 0.3) is 0 Å². The van der Waals surface area contributed by atoms with Gasteiger partial charge < -0.3 is 15.7 Å². The zero-order valence-electron chi connectivity index (χ0n) is 11.5. The minimum absolute atomic E-state index is 0.262. The lowest BCUT2D eigenvalue weighted by atomic mass is 10.1. The fourth-order valence-electron chi connectivity index (χ4n) is 1.80. The van der Waals surface area contributed by atoms with Crippen molar-refractivity contribution in [3.05, 3.63) is 57.8 Å². The van der Waals surface area contributed by atoms with E-state index in [0.29, 0.717) is 0 Å². The molecule has 0 aliphatic heterocycles. The van der Waals surface area contributed by atoms with Crippen molar-refractivity contribution in [1.82, 2.24) is 10.6 Å². The fraction of sp³-hybridized carbons (Fsp3) is 0.200. The number of nitrogens with one attached hydrogen (secondary N) is 2. The number of hydrogen-bond donors (Lipinski definition) is 3. The molecular formula is C15H16N2O3S. The molecule has 0 radical (unpaired) electrons. The second kappa shape index (κ2) is 7.01. The number of hydrogen-bond acceptors (Lipinski definition) is 4. The lowest BCUT2D eigenvalue weighted by Gasteiger charge is -2.08. The van der Waals surface area contributed by atoms with Gasteiger partial charge in [0, 0.05) is 16.8 Å². The van der Waals surface area contributed by atoms with Crippen LogP contribution in [-0.4, -0.2) is 24.0 Å². The second-order valence-electron chi connectivity index (χ2n) is 4.38.